The highest BCUT2D eigenvalue weighted by molar-refractivity contribution is 5.84. The van der Waals surface area contributed by atoms with Crippen molar-refractivity contribution in [3.63, 3.8) is 0 Å². The minimum Gasteiger partial charge on any atom is -0.481 e. The summed E-state index contributed by atoms with van der Waals surface area (Å²) in [5.74, 6) is 0.0108. The molecule has 14 heavy (non-hydrogen) atoms. The minimum atomic E-state index is -0.908. The summed E-state index contributed by atoms with van der Waals surface area (Å²) in [5.41, 5.74) is 5.60. The molecule has 1 aliphatic heterocycles. The molecule has 0 aromatic carbocycles. The second-order valence-electron chi connectivity index (χ2n) is 4.20. The fourth-order valence-electron chi connectivity index (χ4n) is 2.10. The van der Waals surface area contributed by atoms with Crippen molar-refractivity contribution in [1.82, 2.24) is 4.90 Å². The molecule has 1 saturated carbocycles. The number of aliphatic carboxylic acids is 1. The van der Waals surface area contributed by atoms with Gasteiger partial charge in [-0.15, -0.1) is 0 Å². The average molecular weight is 198 g/mol. The van der Waals surface area contributed by atoms with Crippen molar-refractivity contribution in [2.45, 2.75) is 18.9 Å². The van der Waals surface area contributed by atoms with Crippen molar-refractivity contribution in [3.05, 3.63) is 0 Å². The van der Waals surface area contributed by atoms with E-state index in [2.05, 4.69) is 0 Å². The van der Waals surface area contributed by atoms with E-state index in [9.17, 15) is 9.59 Å². The number of carboxylic acids is 1. The molecule has 2 aliphatic rings. The number of amides is 1. The van der Waals surface area contributed by atoms with E-state index < -0.39 is 12.0 Å². The van der Waals surface area contributed by atoms with Gasteiger partial charge in [-0.1, -0.05) is 0 Å². The highest BCUT2D eigenvalue weighted by atomic mass is 16.4. The highest BCUT2D eigenvalue weighted by Crippen LogP contribution is 2.45. The highest BCUT2D eigenvalue weighted by Gasteiger charge is 2.52. The average Bonchev–Trinajstić information content (AvgIpc) is 2.74. The van der Waals surface area contributed by atoms with E-state index in [-0.39, 0.29) is 18.2 Å². The molecular weight excluding hydrogens is 184 g/mol. The number of rotatable bonds is 4. The van der Waals surface area contributed by atoms with Crippen LogP contribution < -0.4 is 5.73 Å². The van der Waals surface area contributed by atoms with E-state index in [0.717, 1.165) is 13.0 Å². The van der Waals surface area contributed by atoms with Crippen LogP contribution in [-0.2, 0) is 9.59 Å². The van der Waals surface area contributed by atoms with Crippen molar-refractivity contribution in [3.8, 4) is 0 Å². The lowest BCUT2D eigenvalue weighted by atomic mass is 10.2. The zero-order valence-corrected chi connectivity index (χ0v) is 7.85. The zero-order valence-electron chi connectivity index (χ0n) is 7.85. The quantitative estimate of drug-likeness (QED) is 0.623. The lowest BCUT2D eigenvalue weighted by molar-refractivity contribution is -0.138. The maximum Gasteiger partial charge on any atom is 0.304 e. The summed E-state index contributed by atoms with van der Waals surface area (Å²) in [6, 6.07) is -0.436. The molecule has 5 heteroatoms. The van der Waals surface area contributed by atoms with Gasteiger partial charge in [-0.3, -0.25) is 9.59 Å². The monoisotopic (exact) mass is 198 g/mol. The Kier molecular flexibility index (Phi) is 2.19. The fourth-order valence-corrected chi connectivity index (χ4v) is 2.10. The van der Waals surface area contributed by atoms with Gasteiger partial charge in [0, 0.05) is 25.0 Å². The number of nitrogens with two attached hydrogens (primary N) is 1. The van der Waals surface area contributed by atoms with E-state index in [1.54, 1.807) is 4.90 Å². The van der Waals surface area contributed by atoms with E-state index >= 15 is 0 Å². The smallest absolute Gasteiger partial charge is 0.304 e. The normalized spacial score (nSPS) is 31.5. The van der Waals surface area contributed by atoms with Crippen LogP contribution in [0.1, 0.15) is 12.8 Å². The molecule has 0 radical (unpaired) electrons. The Balaban J connectivity index is 1.80. The van der Waals surface area contributed by atoms with Gasteiger partial charge in [0.2, 0.25) is 5.91 Å². The number of hydrogen-bond donors (Lipinski definition) is 2. The molecule has 0 aromatic heterocycles. The second-order valence-corrected chi connectivity index (χ2v) is 4.20. The van der Waals surface area contributed by atoms with Crippen LogP contribution in [0, 0.1) is 11.8 Å². The van der Waals surface area contributed by atoms with E-state index in [1.165, 1.54) is 0 Å². The molecule has 5 nitrogen and oxygen atoms in total. The van der Waals surface area contributed by atoms with Gasteiger partial charge in [-0.05, 0) is 12.3 Å². The summed E-state index contributed by atoms with van der Waals surface area (Å²) >= 11 is 0. The van der Waals surface area contributed by atoms with Gasteiger partial charge in [0.25, 0.3) is 0 Å². The molecule has 0 spiro atoms. The van der Waals surface area contributed by atoms with Crippen LogP contribution in [-0.4, -0.2) is 41.0 Å². The van der Waals surface area contributed by atoms with Crippen LogP contribution in [0.3, 0.4) is 0 Å². The Morgan fingerprint density at radius 3 is 2.93 bits per heavy atom. The number of fused-ring (bicyclic) bond motifs is 1. The van der Waals surface area contributed by atoms with Gasteiger partial charge in [0.15, 0.2) is 0 Å². The Morgan fingerprint density at radius 1 is 1.71 bits per heavy atom. The Labute approximate surface area is 81.9 Å². The molecule has 1 amide bonds. The maximum absolute atomic E-state index is 11.5. The van der Waals surface area contributed by atoms with Gasteiger partial charge in [0.1, 0.15) is 0 Å². The first-order valence-corrected chi connectivity index (χ1v) is 4.84. The molecule has 1 aliphatic carbocycles. The third-order valence-electron chi connectivity index (χ3n) is 2.90. The predicted octanol–water partition coefficient (Wildman–Crippen LogP) is -0.733. The van der Waals surface area contributed by atoms with Crippen molar-refractivity contribution >= 4 is 11.9 Å². The first-order chi connectivity index (χ1) is 6.58. The molecule has 0 aromatic rings. The Bertz CT molecular complexity index is 279. The van der Waals surface area contributed by atoms with Crippen LogP contribution in [0.5, 0.6) is 0 Å². The van der Waals surface area contributed by atoms with Crippen LogP contribution in [0.15, 0.2) is 0 Å². The number of hydrogen-bond acceptors (Lipinski definition) is 3. The molecule has 1 heterocycles. The van der Waals surface area contributed by atoms with E-state index in [0.29, 0.717) is 12.5 Å². The molecule has 3 atom stereocenters. The molecule has 0 bridgehead atoms. The van der Waals surface area contributed by atoms with Crippen LogP contribution in [0.4, 0.5) is 0 Å². The number of likely N-dealkylation sites (tertiary alicyclic amines) is 1. The maximum atomic E-state index is 11.5. The Morgan fingerprint density at radius 2 is 2.43 bits per heavy atom. The van der Waals surface area contributed by atoms with Gasteiger partial charge in [-0.2, -0.15) is 0 Å². The van der Waals surface area contributed by atoms with Crippen molar-refractivity contribution in [2.75, 3.05) is 13.1 Å². The first-order valence-electron chi connectivity index (χ1n) is 4.84. The molecule has 3 unspecified atom stereocenters. The van der Waals surface area contributed by atoms with E-state index in [4.69, 9.17) is 10.8 Å². The summed E-state index contributed by atoms with van der Waals surface area (Å²) in [6.07, 6.45) is 0.947. The van der Waals surface area contributed by atoms with E-state index in [1.807, 2.05) is 0 Å². The van der Waals surface area contributed by atoms with Gasteiger partial charge in [0.05, 0.1) is 6.42 Å². The van der Waals surface area contributed by atoms with Crippen LogP contribution in [0.25, 0.3) is 0 Å². The number of nitrogens with zero attached hydrogens (tertiary/aromatic N) is 1. The zero-order chi connectivity index (χ0) is 10.3. The molecule has 78 valence electrons. The van der Waals surface area contributed by atoms with Crippen molar-refractivity contribution in [2.24, 2.45) is 17.6 Å². The summed E-state index contributed by atoms with van der Waals surface area (Å²) in [7, 11) is 0. The van der Waals surface area contributed by atoms with Crippen LogP contribution in [0.2, 0.25) is 0 Å². The predicted molar refractivity (Wildman–Crippen MR) is 48.4 cm³/mol. The number of piperidine rings is 1. The topological polar surface area (TPSA) is 83.6 Å². The standard InChI is InChI=1S/C9H14N2O3/c10-6(2-8(12)13)4-11-3-5-1-7(5)9(11)14/h5-7H,1-4,10H2,(H,12,13). The molecule has 1 saturated heterocycles. The molecule has 3 N–H and O–H groups in total. The third kappa shape index (κ3) is 1.72. The minimum absolute atomic E-state index is 0.0703. The van der Waals surface area contributed by atoms with Crippen LogP contribution >= 0.6 is 0 Å². The third-order valence-corrected chi connectivity index (χ3v) is 2.90. The van der Waals surface area contributed by atoms with Crippen molar-refractivity contribution in [1.29, 1.82) is 0 Å². The number of carboxylic acid groups (broad SMARTS) is 1. The molecule has 2 fully saturated rings. The lowest BCUT2D eigenvalue weighted by Crippen LogP contribution is -2.40. The summed E-state index contributed by atoms with van der Waals surface area (Å²) in [5, 5.41) is 8.50. The largest absolute Gasteiger partial charge is 0.481 e. The molecule has 2 rings (SSSR count). The number of carbonyl (C=O) groups excluding carboxylic acids is 1. The lowest BCUT2D eigenvalue weighted by Gasteiger charge is -2.21. The Hall–Kier alpha value is -1.10. The fraction of sp³-hybridized carbons (Fsp3) is 0.778. The summed E-state index contributed by atoms with van der Waals surface area (Å²) in [6.45, 7) is 1.16. The summed E-state index contributed by atoms with van der Waals surface area (Å²) < 4.78 is 0. The van der Waals surface area contributed by atoms with Crippen molar-refractivity contribution < 1.29 is 14.7 Å². The van der Waals surface area contributed by atoms with Gasteiger partial charge in [-0.25, -0.2) is 0 Å². The van der Waals surface area contributed by atoms with Gasteiger partial charge >= 0.3 is 5.97 Å². The molecular formula is C9H14N2O3. The van der Waals surface area contributed by atoms with Gasteiger partial charge < -0.3 is 15.7 Å². The second kappa shape index (κ2) is 3.24. The first kappa shape index (κ1) is 9.45. The summed E-state index contributed by atoms with van der Waals surface area (Å²) in [4.78, 5) is 23.5. The number of carbonyl (C=O) groups is 2. The SMILES string of the molecule is NC(CC(=O)O)CN1CC2CC2C1=O.